The molecule has 7 heteroatoms. The Morgan fingerprint density at radius 2 is 2.09 bits per heavy atom. The molecule has 0 saturated carbocycles. The predicted octanol–water partition coefficient (Wildman–Crippen LogP) is 2.45. The number of benzene rings is 1. The molecule has 126 valence electrons. The highest BCUT2D eigenvalue weighted by atomic mass is 35.5. The minimum absolute atomic E-state index is 0.0234. The van der Waals surface area contributed by atoms with Crippen molar-refractivity contribution >= 4 is 35.0 Å². The number of amides is 2. The molecular formula is C16H21Cl2N3O2. The van der Waals surface area contributed by atoms with E-state index in [1.54, 1.807) is 23.1 Å². The zero-order valence-corrected chi connectivity index (χ0v) is 14.4. The van der Waals surface area contributed by atoms with E-state index in [2.05, 4.69) is 5.32 Å². The maximum absolute atomic E-state index is 12.8. The number of nitrogens with two attached hydrogens (primary N) is 1. The first-order chi connectivity index (χ1) is 11.0. The van der Waals surface area contributed by atoms with Gasteiger partial charge < -0.3 is 16.0 Å². The second-order valence-electron chi connectivity index (χ2n) is 5.62. The van der Waals surface area contributed by atoms with E-state index in [9.17, 15) is 9.59 Å². The van der Waals surface area contributed by atoms with Crippen LogP contribution in [0.5, 0.6) is 0 Å². The third-order valence-corrected chi connectivity index (χ3v) is 4.50. The topological polar surface area (TPSA) is 75.4 Å². The molecule has 1 atom stereocenters. The normalized spacial score (nSPS) is 17.9. The van der Waals surface area contributed by atoms with Gasteiger partial charge in [-0.25, -0.2) is 0 Å². The lowest BCUT2D eigenvalue weighted by atomic mass is 10.0. The molecule has 1 aromatic rings. The first-order valence-electron chi connectivity index (χ1n) is 7.75. The molecule has 1 unspecified atom stereocenters. The molecule has 23 heavy (non-hydrogen) atoms. The fourth-order valence-electron chi connectivity index (χ4n) is 2.75. The highest BCUT2D eigenvalue weighted by Gasteiger charge is 2.28. The van der Waals surface area contributed by atoms with E-state index in [0.29, 0.717) is 41.7 Å². The molecule has 3 N–H and O–H groups in total. The maximum Gasteiger partial charge on any atom is 0.255 e. The van der Waals surface area contributed by atoms with Crippen molar-refractivity contribution in [3.05, 3.63) is 33.8 Å². The van der Waals surface area contributed by atoms with Crippen molar-refractivity contribution in [2.24, 2.45) is 5.73 Å². The molecule has 1 aliphatic rings. The Kier molecular flexibility index (Phi) is 6.69. The van der Waals surface area contributed by atoms with E-state index in [1.807, 2.05) is 0 Å². The Morgan fingerprint density at radius 1 is 1.30 bits per heavy atom. The van der Waals surface area contributed by atoms with Crippen molar-refractivity contribution in [1.29, 1.82) is 0 Å². The Labute approximate surface area is 146 Å². The second kappa shape index (κ2) is 8.52. The summed E-state index contributed by atoms with van der Waals surface area (Å²) in [6.45, 7) is 1.42. The number of hydrogen-bond donors (Lipinski definition) is 2. The van der Waals surface area contributed by atoms with Gasteiger partial charge >= 0.3 is 0 Å². The molecule has 1 heterocycles. The minimum atomic E-state index is -0.121. The quantitative estimate of drug-likeness (QED) is 0.849. The largest absolute Gasteiger partial charge is 0.354 e. The van der Waals surface area contributed by atoms with Gasteiger partial charge in [-0.2, -0.15) is 0 Å². The summed E-state index contributed by atoms with van der Waals surface area (Å²) in [6.07, 6.45) is 3.14. The van der Waals surface area contributed by atoms with Crippen LogP contribution < -0.4 is 11.1 Å². The van der Waals surface area contributed by atoms with Crippen LogP contribution in [0.1, 0.15) is 36.0 Å². The van der Waals surface area contributed by atoms with Crippen molar-refractivity contribution in [3.63, 3.8) is 0 Å². The summed E-state index contributed by atoms with van der Waals surface area (Å²) in [5.41, 5.74) is 5.81. The summed E-state index contributed by atoms with van der Waals surface area (Å²) in [6, 6.07) is 4.84. The molecule has 2 amide bonds. The molecule has 0 aliphatic carbocycles. The molecule has 1 aromatic carbocycles. The number of nitrogens with one attached hydrogen (secondary N) is 1. The first-order valence-corrected chi connectivity index (χ1v) is 8.51. The fourth-order valence-corrected chi connectivity index (χ4v) is 3.24. The Bertz CT molecular complexity index is 580. The highest BCUT2D eigenvalue weighted by molar-refractivity contribution is 6.36. The van der Waals surface area contributed by atoms with Crippen LogP contribution in [0.4, 0.5) is 0 Å². The number of carbonyl (C=O) groups excluding carboxylic acids is 2. The van der Waals surface area contributed by atoms with E-state index in [4.69, 9.17) is 28.9 Å². The summed E-state index contributed by atoms with van der Waals surface area (Å²) in [5.74, 6) is -0.209. The van der Waals surface area contributed by atoms with E-state index >= 15 is 0 Å². The molecule has 1 fully saturated rings. The van der Waals surface area contributed by atoms with E-state index in [1.165, 1.54) is 0 Å². The molecule has 2 rings (SSSR count). The van der Waals surface area contributed by atoms with Gasteiger partial charge in [0.15, 0.2) is 0 Å². The van der Waals surface area contributed by atoms with Gasteiger partial charge in [0.25, 0.3) is 5.91 Å². The van der Waals surface area contributed by atoms with Crippen molar-refractivity contribution < 1.29 is 9.59 Å². The SMILES string of the molecule is NCCC(=O)NCC1CCCCN1C(=O)c1ccc(Cl)cc1Cl. The zero-order chi connectivity index (χ0) is 16.8. The molecule has 1 saturated heterocycles. The van der Waals surface area contributed by atoms with Crippen molar-refractivity contribution in [1.82, 2.24) is 10.2 Å². The van der Waals surface area contributed by atoms with Crippen LogP contribution in [0.15, 0.2) is 18.2 Å². The van der Waals surface area contributed by atoms with E-state index in [-0.39, 0.29) is 17.9 Å². The Hall–Kier alpha value is -1.30. The van der Waals surface area contributed by atoms with Crippen molar-refractivity contribution in [2.45, 2.75) is 31.7 Å². The van der Waals surface area contributed by atoms with Crippen LogP contribution >= 0.6 is 23.2 Å². The highest BCUT2D eigenvalue weighted by Crippen LogP contribution is 2.25. The van der Waals surface area contributed by atoms with E-state index < -0.39 is 0 Å². The smallest absolute Gasteiger partial charge is 0.255 e. The van der Waals surface area contributed by atoms with Crippen LogP contribution in [0, 0.1) is 0 Å². The second-order valence-corrected chi connectivity index (χ2v) is 6.46. The number of nitrogens with zero attached hydrogens (tertiary/aromatic N) is 1. The molecule has 0 bridgehead atoms. The van der Waals surface area contributed by atoms with Gasteiger partial charge in [-0.05, 0) is 37.5 Å². The molecule has 0 spiro atoms. The molecular weight excluding hydrogens is 337 g/mol. The molecule has 1 aliphatic heterocycles. The minimum Gasteiger partial charge on any atom is -0.354 e. The standard InChI is InChI=1S/C16H21Cl2N3O2/c17-11-4-5-13(14(18)9-11)16(23)21-8-2-1-3-12(21)10-20-15(22)6-7-19/h4-5,9,12H,1-3,6-8,10,19H2,(H,20,22). The summed E-state index contributed by atoms with van der Waals surface area (Å²) in [5, 5.41) is 3.69. The summed E-state index contributed by atoms with van der Waals surface area (Å²) < 4.78 is 0. The number of hydrogen-bond acceptors (Lipinski definition) is 3. The average molecular weight is 358 g/mol. The van der Waals surface area contributed by atoms with Gasteiger partial charge in [-0.3, -0.25) is 9.59 Å². The number of halogens is 2. The van der Waals surface area contributed by atoms with Gasteiger partial charge in [0.1, 0.15) is 0 Å². The number of piperidine rings is 1. The van der Waals surface area contributed by atoms with Crippen LogP contribution in [-0.2, 0) is 4.79 Å². The van der Waals surface area contributed by atoms with Gasteiger partial charge in [-0.15, -0.1) is 0 Å². The predicted molar refractivity (Wildman–Crippen MR) is 91.8 cm³/mol. The van der Waals surface area contributed by atoms with Crippen LogP contribution in [0.2, 0.25) is 10.0 Å². The van der Waals surface area contributed by atoms with Gasteiger partial charge in [0, 0.05) is 37.1 Å². The number of carbonyl (C=O) groups is 2. The number of likely N-dealkylation sites (tertiary alicyclic amines) is 1. The van der Waals surface area contributed by atoms with Gasteiger partial charge in [-0.1, -0.05) is 23.2 Å². The lowest BCUT2D eigenvalue weighted by Crippen LogP contribution is -2.49. The van der Waals surface area contributed by atoms with Crippen LogP contribution in [0.25, 0.3) is 0 Å². The lowest BCUT2D eigenvalue weighted by molar-refractivity contribution is -0.121. The van der Waals surface area contributed by atoms with E-state index in [0.717, 1.165) is 19.3 Å². The van der Waals surface area contributed by atoms with Gasteiger partial charge in [0.05, 0.1) is 10.6 Å². The monoisotopic (exact) mass is 357 g/mol. The molecule has 0 aromatic heterocycles. The summed E-state index contributed by atoms with van der Waals surface area (Å²) in [4.78, 5) is 26.2. The third-order valence-electron chi connectivity index (χ3n) is 3.96. The Morgan fingerprint density at radius 3 is 2.78 bits per heavy atom. The summed E-state index contributed by atoms with van der Waals surface area (Å²) >= 11 is 12.0. The van der Waals surface area contributed by atoms with Crippen LogP contribution in [-0.4, -0.2) is 42.4 Å². The molecule has 5 nitrogen and oxygen atoms in total. The summed E-state index contributed by atoms with van der Waals surface area (Å²) in [7, 11) is 0. The van der Waals surface area contributed by atoms with Crippen molar-refractivity contribution in [3.8, 4) is 0 Å². The lowest BCUT2D eigenvalue weighted by Gasteiger charge is -2.36. The third kappa shape index (κ3) is 4.83. The molecule has 0 radical (unpaired) electrons. The van der Waals surface area contributed by atoms with Gasteiger partial charge in [0.2, 0.25) is 5.91 Å². The van der Waals surface area contributed by atoms with Crippen LogP contribution in [0.3, 0.4) is 0 Å². The number of rotatable bonds is 5. The zero-order valence-electron chi connectivity index (χ0n) is 12.9. The average Bonchev–Trinajstić information content (AvgIpc) is 2.53. The van der Waals surface area contributed by atoms with Crippen molar-refractivity contribution in [2.75, 3.05) is 19.6 Å². The fraction of sp³-hybridized carbons (Fsp3) is 0.500. The maximum atomic E-state index is 12.8. The first kappa shape index (κ1) is 18.0. The Balaban J connectivity index is 2.07.